The summed E-state index contributed by atoms with van der Waals surface area (Å²) >= 11 is 2.65. The number of ether oxygens (including phenoxy) is 2. The molecule has 1 aliphatic rings. The number of hydrogen-bond donors (Lipinski definition) is 1. The van der Waals surface area contributed by atoms with Gasteiger partial charge in [-0.2, -0.15) is 0 Å². The minimum absolute atomic E-state index is 0.00234. The summed E-state index contributed by atoms with van der Waals surface area (Å²) < 4.78 is 33.0. The van der Waals surface area contributed by atoms with E-state index in [1.165, 1.54) is 22.7 Å². The Bertz CT molecular complexity index is 1030. The third-order valence-electron chi connectivity index (χ3n) is 4.46. The lowest BCUT2D eigenvalue weighted by Crippen LogP contribution is -2.43. The lowest BCUT2D eigenvalue weighted by molar-refractivity contribution is -0.148. The Morgan fingerprint density at radius 1 is 1.16 bits per heavy atom. The lowest BCUT2D eigenvalue weighted by atomic mass is 10.1. The van der Waals surface area contributed by atoms with Gasteiger partial charge in [0.05, 0.1) is 24.7 Å². The molecule has 0 radical (unpaired) electrons. The number of amides is 1. The minimum Gasteiger partial charge on any atom is -0.462 e. The molecule has 1 N–H and O–H groups in total. The number of carbonyl (C=O) groups is 3. The molecule has 0 unspecified atom stereocenters. The van der Waals surface area contributed by atoms with Crippen molar-refractivity contribution in [1.82, 2.24) is 4.90 Å². The quantitative estimate of drug-likeness (QED) is 0.562. The molecule has 31 heavy (non-hydrogen) atoms. The van der Waals surface area contributed by atoms with Crippen molar-refractivity contribution < 1.29 is 32.3 Å². The van der Waals surface area contributed by atoms with Crippen LogP contribution in [0.15, 0.2) is 22.9 Å². The third kappa shape index (κ3) is 6.35. The first kappa shape index (κ1) is 23.4. The van der Waals surface area contributed by atoms with Crippen LogP contribution < -0.4 is 5.32 Å². The first-order valence-electron chi connectivity index (χ1n) is 9.50. The molecule has 3 heterocycles. The van der Waals surface area contributed by atoms with E-state index < -0.39 is 34.3 Å². The van der Waals surface area contributed by atoms with E-state index in [1.807, 2.05) is 17.5 Å². The van der Waals surface area contributed by atoms with E-state index in [2.05, 4.69) is 5.32 Å². The smallest absolute Gasteiger partial charge is 0.341 e. The SMILES string of the molecule is CCOC(=O)c1c(-c2cccs2)csc1NC(=O)COC(=O)CN1CCS(=O)(=O)CC1. The fraction of sp³-hybridized carbons (Fsp3) is 0.421. The van der Waals surface area contributed by atoms with Crippen LogP contribution in [0.3, 0.4) is 0 Å². The van der Waals surface area contributed by atoms with E-state index in [4.69, 9.17) is 9.47 Å². The molecular formula is C19H22N2O7S3. The number of nitrogens with zero attached hydrogens (tertiary/aromatic N) is 1. The Kier molecular flexibility index (Phi) is 7.81. The number of hydrogen-bond acceptors (Lipinski definition) is 10. The predicted molar refractivity (Wildman–Crippen MR) is 118 cm³/mol. The Morgan fingerprint density at radius 3 is 2.55 bits per heavy atom. The van der Waals surface area contributed by atoms with Gasteiger partial charge in [-0.05, 0) is 18.4 Å². The molecular weight excluding hydrogens is 464 g/mol. The zero-order valence-corrected chi connectivity index (χ0v) is 19.2. The molecule has 1 aliphatic heterocycles. The molecule has 1 saturated heterocycles. The number of sulfone groups is 1. The molecule has 1 amide bonds. The lowest BCUT2D eigenvalue weighted by Gasteiger charge is -2.25. The highest BCUT2D eigenvalue weighted by molar-refractivity contribution is 7.91. The summed E-state index contributed by atoms with van der Waals surface area (Å²) in [6.45, 7) is 1.81. The van der Waals surface area contributed by atoms with Gasteiger partial charge in [-0.1, -0.05) is 6.07 Å². The van der Waals surface area contributed by atoms with E-state index >= 15 is 0 Å². The van der Waals surface area contributed by atoms with Gasteiger partial charge in [0.25, 0.3) is 5.91 Å². The molecule has 0 spiro atoms. The van der Waals surface area contributed by atoms with E-state index in [0.717, 1.165) is 4.88 Å². The molecule has 0 aromatic carbocycles. The van der Waals surface area contributed by atoms with Gasteiger partial charge in [0.15, 0.2) is 16.4 Å². The highest BCUT2D eigenvalue weighted by Gasteiger charge is 2.25. The highest BCUT2D eigenvalue weighted by atomic mass is 32.2. The average molecular weight is 487 g/mol. The number of carbonyl (C=O) groups excluding carboxylic acids is 3. The van der Waals surface area contributed by atoms with Crippen molar-refractivity contribution in [2.75, 3.05) is 49.7 Å². The van der Waals surface area contributed by atoms with Crippen molar-refractivity contribution in [3.05, 3.63) is 28.5 Å². The van der Waals surface area contributed by atoms with Crippen LogP contribution in [0.25, 0.3) is 10.4 Å². The largest absolute Gasteiger partial charge is 0.462 e. The molecule has 2 aromatic heterocycles. The molecule has 0 atom stereocenters. The number of thiophene rings is 2. The van der Waals surface area contributed by atoms with Crippen LogP contribution in [-0.2, 0) is 28.9 Å². The molecule has 9 nitrogen and oxygen atoms in total. The highest BCUT2D eigenvalue weighted by Crippen LogP contribution is 2.38. The van der Waals surface area contributed by atoms with Crippen LogP contribution in [0.5, 0.6) is 0 Å². The Labute approximate surface area is 187 Å². The third-order valence-corrected chi connectivity index (χ3v) is 7.87. The van der Waals surface area contributed by atoms with Gasteiger partial charge in [-0.3, -0.25) is 14.5 Å². The molecule has 1 fully saturated rings. The van der Waals surface area contributed by atoms with Crippen molar-refractivity contribution in [1.29, 1.82) is 0 Å². The molecule has 3 rings (SSSR count). The second kappa shape index (κ2) is 10.4. The molecule has 168 valence electrons. The van der Waals surface area contributed by atoms with Gasteiger partial charge in [0.1, 0.15) is 10.6 Å². The molecule has 0 aliphatic carbocycles. The maximum Gasteiger partial charge on any atom is 0.341 e. The van der Waals surface area contributed by atoms with Crippen molar-refractivity contribution in [2.24, 2.45) is 0 Å². The molecule has 12 heteroatoms. The Balaban J connectivity index is 1.57. The normalized spacial score (nSPS) is 15.9. The summed E-state index contributed by atoms with van der Waals surface area (Å²) in [6.07, 6.45) is 0. The number of rotatable bonds is 8. The van der Waals surface area contributed by atoms with Gasteiger partial charge in [0, 0.05) is 28.9 Å². The van der Waals surface area contributed by atoms with Crippen molar-refractivity contribution in [2.45, 2.75) is 6.92 Å². The average Bonchev–Trinajstić information content (AvgIpc) is 3.38. The van der Waals surface area contributed by atoms with E-state index in [9.17, 15) is 22.8 Å². The fourth-order valence-corrected chi connectivity index (χ4v) is 5.98. The topological polar surface area (TPSA) is 119 Å². The standard InChI is InChI=1S/C19H22N2O7S3/c1-2-27-19(24)17-13(14-4-3-7-29-14)12-30-18(17)20-15(22)11-28-16(23)10-21-5-8-31(25,26)9-6-21/h3-4,7,12H,2,5-6,8-11H2,1H3,(H,20,22). The fourth-order valence-electron chi connectivity index (χ4n) is 2.91. The zero-order valence-electron chi connectivity index (χ0n) is 16.8. The van der Waals surface area contributed by atoms with Gasteiger partial charge in [-0.15, -0.1) is 22.7 Å². The van der Waals surface area contributed by atoms with Crippen LogP contribution in [0.2, 0.25) is 0 Å². The predicted octanol–water partition coefficient (Wildman–Crippen LogP) is 1.87. The summed E-state index contributed by atoms with van der Waals surface area (Å²) in [5.74, 6) is -1.74. The van der Waals surface area contributed by atoms with Gasteiger partial charge >= 0.3 is 11.9 Å². The first-order chi connectivity index (χ1) is 14.8. The Hall–Kier alpha value is -2.28. The summed E-state index contributed by atoms with van der Waals surface area (Å²) in [6, 6.07) is 3.73. The zero-order chi connectivity index (χ0) is 22.4. The van der Waals surface area contributed by atoms with Crippen molar-refractivity contribution in [3.8, 4) is 10.4 Å². The van der Waals surface area contributed by atoms with Crippen LogP contribution in [0.4, 0.5) is 5.00 Å². The van der Waals surface area contributed by atoms with E-state index in [0.29, 0.717) is 10.6 Å². The minimum atomic E-state index is -3.04. The van der Waals surface area contributed by atoms with Crippen LogP contribution in [-0.4, -0.2) is 75.5 Å². The van der Waals surface area contributed by atoms with Crippen molar-refractivity contribution >= 4 is 55.4 Å². The van der Waals surface area contributed by atoms with Crippen LogP contribution >= 0.6 is 22.7 Å². The molecule has 0 saturated carbocycles. The molecule has 2 aromatic rings. The van der Waals surface area contributed by atoms with E-state index in [-0.39, 0.29) is 43.3 Å². The summed E-state index contributed by atoms with van der Waals surface area (Å²) in [7, 11) is -3.04. The Morgan fingerprint density at radius 2 is 1.90 bits per heavy atom. The second-order valence-corrected chi connectivity index (χ2v) is 10.8. The van der Waals surface area contributed by atoms with Gasteiger partial charge < -0.3 is 14.8 Å². The summed E-state index contributed by atoms with van der Waals surface area (Å²) in [5, 5.41) is 6.59. The van der Waals surface area contributed by atoms with Crippen molar-refractivity contribution in [3.63, 3.8) is 0 Å². The van der Waals surface area contributed by atoms with E-state index in [1.54, 1.807) is 17.2 Å². The van der Waals surface area contributed by atoms with Gasteiger partial charge in [-0.25, -0.2) is 13.2 Å². The van der Waals surface area contributed by atoms with Crippen LogP contribution in [0, 0.1) is 0 Å². The monoisotopic (exact) mass is 486 g/mol. The maximum absolute atomic E-state index is 12.5. The summed E-state index contributed by atoms with van der Waals surface area (Å²) in [5.41, 5.74) is 0.939. The first-order valence-corrected chi connectivity index (χ1v) is 13.1. The maximum atomic E-state index is 12.5. The number of esters is 2. The number of anilines is 1. The van der Waals surface area contributed by atoms with Crippen LogP contribution in [0.1, 0.15) is 17.3 Å². The molecule has 0 bridgehead atoms. The summed E-state index contributed by atoms with van der Waals surface area (Å²) in [4.78, 5) is 39.3. The second-order valence-electron chi connectivity index (χ2n) is 6.69. The van der Waals surface area contributed by atoms with Gasteiger partial charge in [0.2, 0.25) is 0 Å². The number of nitrogens with one attached hydrogen (secondary N) is 1.